The number of methoxy groups -OCH3 is 2. The smallest absolute Gasteiger partial charge is 0.271 e. The molecule has 0 saturated heterocycles. The van der Waals surface area contributed by atoms with Crippen molar-refractivity contribution in [1.29, 1.82) is 0 Å². The van der Waals surface area contributed by atoms with E-state index in [0.717, 1.165) is 0 Å². The van der Waals surface area contributed by atoms with E-state index < -0.39 is 10.8 Å². The van der Waals surface area contributed by atoms with Crippen molar-refractivity contribution >= 4 is 28.9 Å². The molecule has 7 nitrogen and oxygen atoms in total. The number of amides is 1. The number of hydrogen-bond donors (Lipinski definition) is 1. The molecule has 2 aromatic rings. The van der Waals surface area contributed by atoms with Crippen molar-refractivity contribution in [2.75, 3.05) is 19.5 Å². The Labute approximate surface area is 136 Å². The first kappa shape index (κ1) is 16.6. The number of hydrogen-bond acceptors (Lipinski definition) is 5. The highest BCUT2D eigenvalue weighted by atomic mass is 35.5. The van der Waals surface area contributed by atoms with Crippen LogP contribution < -0.4 is 14.8 Å². The van der Waals surface area contributed by atoms with Gasteiger partial charge < -0.3 is 14.8 Å². The molecular formula is C15H13ClN2O5. The van der Waals surface area contributed by atoms with Crippen LogP contribution >= 0.6 is 11.6 Å². The molecule has 23 heavy (non-hydrogen) atoms. The molecule has 0 unspecified atom stereocenters. The second kappa shape index (κ2) is 6.97. The Morgan fingerprint density at radius 3 is 2.43 bits per heavy atom. The number of benzene rings is 2. The maximum absolute atomic E-state index is 12.4. The highest BCUT2D eigenvalue weighted by Gasteiger charge is 2.17. The summed E-state index contributed by atoms with van der Waals surface area (Å²) in [6, 6.07) is 8.47. The average molecular weight is 337 g/mol. The van der Waals surface area contributed by atoms with Crippen LogP contribution in [0.5, 0.6) is 11.5 Å². The van der Waals surface area contributed by atoms with Crippen LogP contribution in [0.25, 0.3) is 0 Å². The highest BCUT2D eigenvalue weighted by Crippen LogP contribution is 2.30. The number of rotatable bonds is 5. The van der Waals surface area contributed by atoms with Gasteiger partial charge in [0.2, 0.25) is 0 Å². The standard InChI is InChI=1S/C15H13ClN2O5/c1-22-13-6-4-10(18(20)21)8-12(13)17-15(19)11-5-3-9(16)7-14(11)23-2/h3-8H,1-2H3,(H,17,19). The summed E-state index contributed by atoms with van der Waals surface area (Å²) < 4.78 is 10.2. The lowest BCUT2D eigenvalue weighted by Crippen LogP contribution is -2.14. The molecule has 0 aliphatic carbocycles. The fourth-order valence-corrected chi connectivity index (χ4v) is 2.11. The SMILES string of the molecule is COc1ccc([N+](=O)[O-])cc1NC(=O)c1ccc(Cl)cc1OC. The normalized spacial score (nSPS) is 10.0. The number of ether oxygens (including phenoxy) is 2. The molecule has 0 saturated carbocycles. The first-order valence-corrected chi connectivity index (χ1v) is 6.81. The number of nitro benzene ring substituents is 1. The molecule has 0 aliphatic rings. The molecule has 0 spiro atoms. The summed E-state index contributed by atoms with van der Waals surface area (Å²) >= 11 is 5.86. The molecule has 0 radical (unpaired) electrons. The molecule has 1 amide bonds. The van der Waals surface area contributed by atoms with Crippen molar-refractivity contribution in [2.24, 2.45) is 0 Å². The van der Waals surface area contributed by atoms with Crippen LogP contribution in [0.3, 0.4) is 0 Å². The summed E-state index contributed by atoms with van der Waals surface area (Å²) in [5.41, 5.74) is 0.262. The van der Waals surface area contributed by atoms with Gasteiger partial charge in [0.25, 0.3) is 11.6 Å². The van der Waals surface area contributed by atoms with Crippen molar-refractivity contribution in [1.82, 2.24) is 0 Å². The first-order valence-electron chi connectivity index (χ1n) is 6.43. The Balaban J connectivity index is 2.36. The molecule has 0 atom stereocenters. The van der Waals surface area contributed by atoms with Gasteiger partial charge in [-0.2, -0.15) is 0 Å². The van der Waals surface area contributed by atoms with Crippen molar-refractivity contribution in [3.8, 4) is 11.5 Å². The van der Waals surface area contributed by atoms with Crippen LogP contribution in [-0.4, -0.2) is 25.1 Å². The number of nitrogens with one attached hydrogen (secondary N) is 1. The van der Waals surface area contributed by atoms with Gasteiger partial charge in [-0.3, -0.25) is 14.9 Å². The van der Waals surface area contributed by atoms with Gasteiger partial charge in [-0.05, 0) is 24.3 Å². The third-order valence-corrected chi connectivity index (χ3v) is 3.29. The van der Waals surface area contributed by atoms with Gasteiger partial charge in [0.05, 0.1) is 30.4 Å². The van der Waals surface area contributed by atoms with E-state index in [1.54, 1.807) is 6.07 Å². The zero-order valence-electron chi connectivity index (χ0n) is 12.3. The van der Waals surface area contributed by atoms with E-state index in [1.165, 1.54) is 44.6 Å². The monoisotopic (exact) mass is 336 g/mol. The topological polar surface area (TPSA) is 90.7 Å². The minimum atomic E-state index is -0.558. The van der Waals surface area contributed by atoms with Crippen LogP contribution in [0.4, 0.5) is 11.4 Å². The second-order valence-electron chi connectivity index (χ2n) is 4.44. The predicted octanol–water partition coefficient (Wildman–Crippen LogP) is 3.52. The number of non-ortho nitro benzene ring substituents is 1. The molecule has 0 aliphatic heterocycles. The third-order valence-electron chi connectivity index (χ3n) is 3.05. The van der Waals surface area contributed by atoms with Gasteiger partial charge >= 0.3 is 0 Å². The largest absolute Gasteiger partial charge is 0.496 e. The molecule has 0 fully saturated rings. The number of anilines is 1. The van der Waals surface area contributed by atoms with Gasteiger partial charge in [0.15, 0.2) is 0 Å². The molecule has 0 aromatic heterocycles. The molecule has 1 N–H and O–H groups in total. The summed E-state index contributed by atoms with van der Waals surface area (Å²) in [5, 5.41) is 13.9. The maximum atomic E-state index is 12.4. The van der Waals surface area contributed by atoms with Gasteiger partial charge in [-0.1, -0.05) is 11.6 Å². The Kier molecular flexibility index (Phi) is 5.02. The Morgan fingerprint density at radius 1 is 1.13 bits per heavy atom. The number of halogens is 1. The molecular weight excluding hydrogens is 324 g/mol. The lowest BCUT2D eigenvalue weighted by Gasteiger charge is -2.12. The fraction of sp³-hybridized carbons (Fsp3) is 0.133. The van der Waals surface area contributed by atoms with Crippen LogP contribution in [0.2, 0.25) is 5.02 Å². The lowest BCUT2D eigenvalue weighted by molar-refractivity contribution is -0.384. The Morgan fingerprint density at radius 2 is 1.83 bits per heavy atom. The number of nitro groups is 1. The Hall–Kier alpha value is -2.80. The van der Waals surface area contributed by atoms with E-state index >= 15 is 0 Å². The quantitative estimate of drug-likeness (QED) is 0.666. The maximum Gasteiger partial charge on any atom is 0.271 e. The minimum absolute atomic E-state index is 0.163. The minimum Gasteiger partial charge on any atom is -0.496 e. The molecule has 120 valence electrons. The third kappa shape index (κ3) is 3.70. The van der Waals surface area contributed by atoms with Crippen LogP contribution in [0.1, 0.15) is 10.4 Å². The lowest BCUT2D eigenvalue weighted by atomic mass is 10.1. The van der Waals surface area contributed by atoms with Gasteiger partial charge in [0, 0.05) is 17.2 Å². The molecule has 2 rings (SSSR count). The zero-order chi connectivity index (χ0) is 17.0. The summed E-state index contributed by atoms with van der Waals surface area (Å²) in [5.74, 6) is 0.0913. The number of carbonyl (C=O) groups is 1. The van der Waals surface area contributed by atoms with Crippen molar-refractivity contribution in [2.45, 2.75) is 0 Å². The van der Waals surface area contributed by atoms with Crippen molar-refractivity contribution in [3.63, 3.8) is 0 Å². The van der Waals surface area contributed by atoms with Crippen LogP contribution in [0, 0.1) is 10.1 Å². The number of carbonyl (C=O) groups excluding carboxylic acids is 1. The Bertz CT molecular complexity index is 764. The summed E-state index contributed by atoms with van der Waals surface area (Å²) in [7, 11) is 2.82. The van der Waals surface area contributed by atoms with Gasteiger partial charge in [-0.25, -0.2) is 0 Å². The second-order valence-corrected chi connectivity index (χ2v) is 4.88. The van der Waals surface area contributed by atoms with E-state index in [1.807, 2.05) is 0 Å². The summed E-state index contributed by atoms with van der Waals surface area (Å²) in [6.45, 7) is 0. The highest BCUT2D eigenvalue weighted by molar-refractivity contribution is 6.31. The van der Waals surface area contributed by atoms with E-state index in [0.29, 0.717) is 16.5 Å². The molecule has 0 bridgehead atoms. The average Bonchev–Trinajstić information content (AvgIpc) is 2.54. The van der Waals surface area contributed by atoms with Crippen molar-refractivity contribution in [3.05, 3.63) is 57.1 Å². The molecule has 8 heteroatoms. The molecule has 0 heterocycles. The number of nitrogens with zero attached hydrogens (tertiary/aromatic N) is 1. The van der Waals surface area contributed by atoms with E-state index in [-0.39, 0.29) is 16.9 Å². The van der Waals surface area contributed by atoms with Crippen LogP contribution in [-0.2, 0) is 0 Å². The van der Waals surface area contributed by atoms with Crippen molar-refractivity contribution < 1.29 is 19.2 Å². The summed E-state index contributed by atoms with van der Waals surface area (Å²) in [4.78, 5) is 22.7. The van der Waals surface area contributed by atoms with E-state index in [2.05, 4.69) is 5.32 Å². The fourth-order valence-electron chi connectivity index (χ4n) is 1.95. The summed E-state index contributed by atoms with van der Waals surface area (Å²) in [6.07, 6.45) is 0. The molecule has 2 aromatic carbocycles. The zero-order valence-corrected chi connectivity index (χ0v) is 13.1. The van der Waals surface area contributed by atoms with Crippen LogP contribution in [0.15, 0.2) is 36.4 Å². The van der Waals surface area contributed by atoms with E-state index in [4.69, 9.17) is 21.1 Å². The predicted molar refractivity (Wildman–Crippen MR) is 85.6 cm³/mol. The van der Waals surface area contributed by atoms with E-state index in [9.17, 15) is 14.9 Å². The van der Waals surface area contributed by atoms with Gasteiger partial charge in [-0.15, -0.1) is 0 Å². The first-order chi connectivity index (χ1) is 11.0. The van der Waals surface area contributed by atoms with Gasteiger partial charge in [0.1, 0.15) is 11.5 Å².